The Balaban J connectivity index is 1.71. The van der Waals surface area contributed by atoms with Crippen molar-refractivity contribution in [1.82, 2.24) is 4.98 Å². The molecule has 0 fully saturated rings. The van der Waals surface area contributed by atoms with Crippen LogP contribution in [0.15, 0.2) is 66.7 Å². The first-order valence-corrected chi connectivity index (χ1v) is 11.5. The zero-order chi connectivity index (χ0) is 27.2. The van der Waals surface area contributed by atoms with Gasteiger partial charge in [0.1, 0.15) is 29.4 Å². The molecular weight excluding hydrogens is 498 g/mol. The summed E-state index contributed by atoms with van der Waals surface area (Å²) in [6.45, 7) is 1.81. The molecule has 3 aromatic carbocycles. The molecule has 10 heteroatoms. The monoisotopic (exact) mass is 522 g/mol. The van der Waals surface area contributed by atoms with Crippen molar-refractivity contribution in [3.63, 3.8) is 0 Å². The van der Waals surface area contributed by atoms with Crippen LogP contribution in [-0.4, -0.2) is 34.4 Å². The zero-order valence-electron chi connectivity index (χ0n) is 20.3. The lowest BCUT2D eigenvalue weighted by Crippen LogP contribution is -2.04. The first-order valence-electron chi connectivity index (χ1n) is 11.5. The van der Waals surface area contributed by atoms with E-state index in [4.69, 9.17) is 25.1 Å². The Kier molecular flexibility index (Phi) is 8.15. The maximum absolute atomic E-state index is 14.7. The fraction of sp³-hybridized carbons (Fsp3) is 0.143. The Bertz CT molecular complexity index is 1480. The predicted molar refractivity (Wildman–Crippen MR) is 135 cm³/mol. The fourth-order valence-electron chi connectivity index (χ4n) is 3.61. The number of aliphatic hydroxyl groups is 1. The summed E-state index contributed by atoms with van der Waals surface area (Å²) in [5.41, 5.74) is 8.51. The van der Waals surface area contributed by atoms with Crippen molar-refractivity contribution in [1.29, 1.82) is 0 Å². The molecule has 0 amide bonds. The molecule has 0 spiro atoms. The third-order valence-corrected chi connectivity index (χ3v) is 5.39. The first kappa shape index (κ1) is 26.5. The highest BCUT2D eigenvalue weighted by Crippen LogP contribution is 2.35. The van der Waals surface area contributed by atoms with Gasteiger partial charge in [-0.05, 0) is 59.5 Å². The van der Waals surface area contributed by atoms with Crippen LogP contribution in [0.2, 0.25) is 0 Å². The molecule has 0 aliphatic heterocycles. The molecule has 0 atom stereocenters. The molecule has 0 aliphatic carbocycles. The number of carboxylic acid groups (broad SMARTS) is 1. The lowest BCUT2D eigenvalue weighted by molar-refractivity contribution is 0.0694. The van der Waals surface area contributed by atoms with Gasteiger partial charge in [-0.15, -0.1) is 0 Å². The second-order valence-corrected chi connectivity index (χ2v) is 8.24. The molecule has 0 bridgehead atoms. The van der Waals surface area contributed by atoms with Crippen LogP contribution in [0.25, 0.3) is 11.1 Å². The van der Waals surface area contributed by atoms with Crippen molar-refractivity contribution in [2.75, 3.05) is 13.2 Å². The Morgan fingerprint density at radius 1 is 0.921 bits per heavy atom. The molecule has 0 aliphatic rings. The highest BCUT2D eigenvalue weighted by molar-refractivity contribution is 5.91. The Morgan fingerprint density at radius 2 is 1.66 bits per heavy atom. The number of nitrogens with zero attached hydrogens (tertiary/aromatic N) is 1. The fourth-order valence-corrected chi connectivity index (χ4v) is 3.61. The number of pyridine rings is 1. The van der Waals surface area contributed by atoms with Gasteiger partial charge in [-0.1, -0.05) is 24.3 Å². The molecule has 4 aromatic rings. The maximum atomic E-state index is 14.7. The van der Waals surface area contributed by atoms with E-state index in [0.29, 0.717) is 29.5 Å². The van der Waals surface area contributed by atoms with Crippen LogP contribution in [0.1, 0.15) is 21.5 Å². The third-order valence-electron chi connectivity index (χ3n) is 5.39. The summed E-state index contributed by atoms with van der Waals surface area (Å²) in [5, 5.41) is 18.6. The van der Waals surface area contributed by atoms with Crippen molar-refractivity contribution in [2.45, 2.75) is 13.5 Å². The summed E-state index contributed by atoms with van der Waals surface area (Å²) < 4.78 is 45.9. The molecule has 0 saturated carbocycles. The number of aromatic nitrogens is 1. The number of carboxylic acids is 1. The van der Waals surface area contributed by atoms with Gasteiger partial charge in [-0.2, -0.15) is 4.98 Å². The lowest BCUT2D eigenvalue weighted by Gasteiger charge is -2.14. The van der Waals surface area contributed by atoms with Gasteiger partial charge in [0.05, 0.1) is 6.61 Å². The Morgan fingerprint density at radius 3 is 2.37 bits per heavy atom. The number of hydrogen-bond donors (Lipinski definition) is 3. The van der Waals surface area contributed by atoms with Crippen molar-refractivity contribution in [3.8, 4) is 40.1 Å². The van der Waals surface area contributed by atoms with E-state index in [2.05, 4.69) is 4.98 Å². The van der Waals surface area contributed by atoms with Crippen LogP contribution in [0.3, 0.4) is 0 Å². The number of ether oxygens (including phenoxy) is 3. The molecule has 1 heterocycles. The highest BCUT2D eigenvalue weighted by atomic mass is 19.1. The summed E-state index contributed by atoms with van der Waals surface area (Å²) >= 11 is 0. The van der Waals surface area contributed by atoms with E-state index >= 15 is 0 Å². The van der Waals surface area contributed by atoms with E-state index in [9.17, 15) is 18.7 Å². The molecule has 0 saturated heterocycles. The number of benzene rings is 3. The van der Waals surface area contributed by atoms with Gasteiger partial charge in [-0.3, -0.25) is 0 Å². The molecule has 4 N–H and O–H groups in total. The van der Waals surface area contributed by atoms with Crippen LogP contribution < -0.4 is 19.9 Å². The smallest absolute Gasteiger partial charge is 0.339 e. The van der Waals surface area contributed by atoms with E-state index in [0.717, 1.165) is 11.1 Å². The van der Waals surface area contributed by atoms with Gasteiger partial charge in [-0.25, -0.2) is 13.6 Å². The summed E-state index contributed by atoms with van der Waals surface area (Å²) in [6.07, 6.45) is 0. The van der Waals surface area contributed by atoms with Gasteiger partial charge in [0.2, 0.25) is 0 Å². The number of aliphatic hydroxyl groups excluding tert-OH is 1. The minimum absolute atomic E-state index is 0.00921. The Hall–Kier alpha value is -4.54. The third kappa shape index (κ3) is 6.23. The largest absolute Gasteiger partial charge is 0.491 e. The molecule has 4 rings (SSSR count). The van der Waals surface area contributed by atoms with Gasteiger partial charge in [0.15, 0.2) is 11.6 Å². The summed E-state index contributed by atoms with van der Waals surface area (Å²) in [4.78, 5) is 15.4. The predicted octanol–water partition coefficient (Wildman–Crippen LogP) is 5.45. The van der Waals surface area contributed by atoms with E-state index < -0.39 is 29.4 Å². The SMILES string of the molecule is Cc1ccc(C(=O)O)c(Oc2nc(Oc3cc(OCCO)cc(-c4cccc(CN)c4)c3)c(F)cc2F)c1. The van der Waals surface area contributed by atoms with E-state index in [1.54, 1.807) is 25.1 Å². The van der Waals surface area contributed by atoms with Crippen molar-refractivity contribution >= 4 is 5.97 Å². The number of carbonyl (C=O) groups is 1. The van der Waals surface area contributed by atoms with Gasteiger partial charge < -0.3 is 30.2 Å². The zero-order valence-corrected chi connectivity index (χ0v) is 20.3. The average Bonchev–Trinajstić information content (AvgIpc) is 2.90. The summed E-state index contributed by atoms with van der Waals surface area (Å²) in [6, 6.07) is 17.0. The maximum Gasteiger partial charge on any atom is 0.339 e. The number of nitrogens with two attached hydrogens (primary N) is 1. The van der Waals surface area contributed by atoms with Crippen LogP contribution in [0.5, 0.6) is 29.0 Å². The molecular formula is C28H24F2N2O6. The van der Waals surface area contributed by atoms with Crippen molar-refractivity contribution < 1.29 is 38.0 Å². The van der Waals surface area contributed by atoms with Crippen LogP contribution in [-0.2, 0) is 6.54 Å². The highest BCUT2D eigenvalue weighted by Gasteiger charge is 2.20. The van der Waals surface area contributed by atoms with E-state index in [1.165, 1.54) is 18.2 Å². The molecule has 0 radical (unpaired) electrons. The number of rotatable bonds is 10. The number of halogens is 2. The summed E-state index contributed by atoms with van der Waals surface area (Å²) in [5.74, 6) is -4.54. The van der Waals surface area contributed by atoms with E-state index in [-0.39, 0.29) is 30.3 Å². The quantitative estimate of drug-likeness (QED) is 0.251. The molecule has 1 aromatic heterocycles. The summed E-state index contributed by atoms with van der Waals surface area (Å²) in [7, 11) is 0. The van der Waals surface area contributed by atoms with Gasteiger partial charge >= 0.3 is 5.97 Å². The van der Waals surface area contributed by atoms with Crippen LogP contribution >= 0.6 is 0 Å². The molecule has 38 heavy (non-hydrogen) atoms. The van der Waals surface area contributed by atoms with Crippen LogP contribution in [0.4, 0.5) is 8.78 Å². The number of aryl methyl sites for hydroxylation is 1. The second kappa shape index (κ2) is 11.7. The topological polar surface area (TPSA) is 124 Å². The lowest BCUT2D eigenvalue weighted by atomic mass is 10.0. The van der Waals surface area contributed by atoms with E-state index in [1.807, 2.05) is 24.3 Å². The number of hydrogen-bond acceptors (Lipinski definition) is 7. The van der Waals surface area contributed by atoms with Crippen LogP contribution in [0, 0.1) is 18.6 Å². The minimum Gasteiger partial charge on any atom is -0.491 e. The molecule has 8 nitrogen and oxygen atoms in total. The van der Waals surface area contributed by atoms with Crippen molar-refractivity contribution in [3.05, 3.63) is 95.1 Å². The molecule has 0 unspecified atom stereocenters. The minimum atomic E-state index is -1.29. The second-order valence-electron chi connectivity index (χ2n) is 8.24. The van der Waals surface area contributed by atoms with Gasteiger partial charge in [0, 0.05) is 18.7 Å². The number of aromatic carboxylic acids is 1. The molecule has 196 valence electrons. The first-order chi connectivity index (χ1) is 18.3. The Labute approximate surface area is 216 Å². The average molecular weight is 523 g/mol. The standard InChI is InChI=1S/C28H24F2N2O6/c1-16-5-6-22(28(34)35)25(9-16)38-27-24(30)14-23(29)26(32-27)37-21-12-19(11-20(13-21)36-8-7-33)18-4-2-3-17(10-18)15-31/h2-6,9-14,33H,7-8,15,31H2,1H3,(H,34,35). The normalized spacial score (nSPS) is 10.8. The van der Waals surface area contributed by atoms with Crippen molar-refractivity contribution in [2.24, 2.45) is 5.73 Å². The van der Waals surface area contributed by atoms with Gasteiger partial charge in [0.25, 0.3) is 11.8 Å².